The number of halogens is 1. The van der Waals surface area contributed by atoms with E-state index in [4.69, 9.17) is 11.6 Å². The Morgan fingerprint density at radius 3 is 2.57 bits per heavy atom. The van der Waals surface area contributed by atoms with Gasteiger partial charge in [0, 0.05) is 61.2 Å². The molecule has 0 atom stereocenters. The minimum atomic E-state index is -0.0803. The molecule has 6 nitrogen and oxygen atoms in total. The van der Waals surface area contributed by atoms with Crippen molar-refractivity contribution in [2.45, 2.75) is 6.42 Å². The average Bonchev–Trinajstić information content (AvgIpc) is 3.51. The van der Waals surface area contributed by atoms with Crippen LogP contribution in [0.4, 0.5) is 11.4 Å². The van der Waals surface area contributed by atoms with Crippen molar-refractivity contribution in [3.8, 4) is 22.4 Å². The van der Waals surface area contributed by atoms with E-state index in [0.29, 0.717) is 11.6 Å². The number of hydrogen-bond acceptors (Lipinski definition) is 4. The zero-order valence-electron chi connectivity index (χ0n) is 19.4. The Morgan fingerprint density at radius 2 is 1.80 bits per heavy atom. The van der Waals surface area contributed by atoms with Gasteiger partial charge >= 0.3 is 0 Å². The summed E-state index contributed by atoms with van der Waals surface area (Å²) < 4.78 is 0. The lowest BCUT2D eigenvalue weighted by atomic mass is 9.97. The van der Waals surface area contributed by atoms with E-state index in [-0.39, 0.29) is 5.91 Å². The molecule has 1 amide bonds. The smallest absolute Gasteiger partial charge is 0.250 e. The Bertz CT molecular complexity index is 1440. The van der Waals surface area contributed by atoms with Gasteiger partial charge in [-0.2, -0.15) is 0 Å². The number of aromatic amines is 1. The number of amides is 1. The lowest BCUT2D eigenvalue weighted by Crippen LogP contribution is -2.43. The predicted molar refractivity (Wildman–Crippen MR) is 143 cm³/mol. The van der Waals surface area contributed by atoms with Crippen molar-refractivity contribution < 1.29 is 4.79 Å². The molecule has 7 heteroatoms. The van der Waals surface area contributed by atoms with Gasteiger partial charge in [-0.3, -0.25) is 4.79 Å². The summed E-state index contributed by atoms with van der Waals surface area (Å²) in [7, 11) is 0. The minimum absolute atomic E-state index is 0.0803. The maximum absolute atomic E-state index is 12.5. The number of fused-ring (bicyclic) bond motifs is 2. The van der Waals surface area contributed by atoms with Crippen LogP contribution in [0.1, 0.15) is 5.56 Å². The van der Waals surface area contributed by atoms with E-state index in [9.17, 15) is 4.79 Å². The third kappa shape index (κ3) is 3.79. The number of H-pyrrole nitrogens is 1. The van der Waals surface area contributed by atoms with Crippen molar-refractivity contribution in [1.29, 1.82) is 0 Å². The predicted octanol–water partition coefficient (Wildman–Crippen LogP) is 5.04. The highest BCUT2D eigenvalue weighted by molar-refractivity contribution is 6.36. The van der Waals surface area contributed by atoms with Crippen molar-refractivity contribution in [2.24, 2.45) is 0 Å². The fourth-order valence-electron chi connectivity index (χ4n) is 5.22. The van der Waals surface area contributed by atoms with Crippen LogP contribution in [0.2, 0.25) is 5.02 Å². The van der Waals surface area contributed by atoms with Crippen LogP contribution in [-0.2, 0) is 11.2 Å². The monoisotopic (exact) mass is 483 g/mol. The third-order valence-corrected chi connectivity index (χ3v) is 7.31. The first-order chi connectivity index (χ1) is 17.1. The first-order valence-electron chi connectivity index (χ1n) is 11.9. The molecular formula is C28H26ClN5O. The SMILES string of the molecule is C=CC(=O)N1CCc2ccc(-c3c(-c4ccc(N5CCNCC5)cc4)[nH]c4nccc(Cl)c34)cc21. The summed E-state index contributed by atoms with van der Waals surface area (Å²) in [6.45, 7) is 8.35. The molecule has 0 radical (unpaired) electrons. The molecule has 0 aliphatic carbocycles. The molecule has 2 N–H and O–H groups in total. The molecule has 2 aliphatic heterocycles. The van der Waals surface area contributed by atoms with Crippen LogP contribution in [0.15, 0.2) is 67.4 Å². The van der Waals surface area contributed by atoms with Gasteiger partial charge in [-0.05, 0) is 53.5 Å². The van der Waals surface area contributed by atoms with E-state index in [1.165, 1.54) is 11.8 Å². The number of hydrogen-bond donors (Lipinski definition) is 2. The molecule has 0 spiro atoms. The van der Waals surface area contributed by atoms with Crippen LogP contribution >= 0.6 is 11.6 Å². The topological polar surface area (TPSA) is 64.3 Å². The molecule has 2 aromatic heterocycles. The van der Waals surface area contributed by atoms with E-state index in [2.05, 4.69) is 69.2 Å². The molecule has 1 saturated heterocycles. The van der Waals surface area contributed by atoms with Crippen LogP contribution in [0.25, 0.3) is 33.4 Å². The number of carbonyl (C=O) groups excluding carboxylic acids is 1. The van der Waals surface area contributed by atoms with Gasteiger partial charge in [0.2, 0.25) is 5.91 Å². The Labute approximate surface area is 209 Å². The van der Waals surface area contributed by atoms with Crippen LogP contribution in [-0.4, -0.2) is 48.6 Å². The number of pyridine rings is 1. The quantitative estimate of drug-likeness (QED) is 0.399. The normalized spacial score (nSPS) is 15.5. The molecule has 0 unspecified atom stereocenters. The van der Waals surface area contributed by atoms with Crippen molar-refractivity contribution in [1.82, 2.24) is 15.3 Å². The maximum Gasteiger partial charge on any atom is 0.250 e. The highest BCUT2D eigenvalue weighted by Crippen LogP contribution is 2.43. The molecule has 35 heavy (non-hydrogen) atoms. The Kier molecular flexibility index (Phi) is 5.55. The molecule has 4 aromatic rings. The number of piperazine rings is 1. The van der Waals surface area contributed by atoms with Crippen LogP contribution in [0.3, 0.4) is 0 Å². The minimum Gasteiger partial charge on any atom is -0.369 e. The number of rotatable bonds is 4. The molecule has 4 heterocycles. The van der Waals surface area contributed by atoms with Crippen LogP contribution < -0.4 is 15.1 Å². The Hall–Kier alpha value is -3.61. The van der Waals surface area contributed by atoms with Crippen molar-refractivity contribution in [3.63, 3.8) is 0 Å². The summed E-state index contributed by atoms with van der Waals surface area (Å²) in [5.74, 6) is -0.0803. The summed E-state index contributed by atoms with van der Waals surface area (Å²) in [6, 6.07) is 16.8. The summed E-state index contributed by atoms with van der Waals surface area (Å²) in [5.41, 5.74) is 8.08. The first-order valence-corrected chi connectivity index (χ1v) is 12.3. The number of aromatic nitrogens is 2. The molecule has 0 bridgehead atoms. The fourth-order valence-corrected chi connectivity index (χ4v) is 5.46. The number of nitrogens with zero attached hydrogens (tertiary/aromatic N) is 3. The molecule has 6 rings (SSSR count). The summed E-state index contributed by atoms with van der Waals surface area (Å²) in [5, 5.41) is 4.93. The number of benzene rings is 2. The van der Waals surface area contributed by atoms with Gasteiger partial charge in [-0.15, -0.1) is 0 Å². The second-order valence-electron chi connectivity index (χ2n) is 8.96. The van der Waals surface area contributed by atoms with Gasteiger partial charge in [0.25, 0.3) is 0 Å². The van der Waals surface area contributed by atoms with Gasteiger partial charge in [0.1, 0.15) is 5.65 Å². The van der Waals surface area contributed by atoms with E-state index < -0.39 is 0 Å². The lowest BCUT2D eigenvalue weighted by molar-refractivity contribution is -0.114. The second kappa shape index (κ2) is 8.87. The van der Waals surface area contributed by atoms with Crippen molar-refractivity contribution >= 4 is 39.9 Å². The van der Waals surface area contributed by atoms with Gasteiger partial charge in [0.05, 0.1) is 10.7 Å². The van der Waals surface area contributed by atoms with Gasteiger partial charge in [0.15, 0.2) is 0 Å². The van der Waals surface area contributed by atoms with Crippen molar-refractivity contribution in [3.05, 3.63) is 78.0 Å². The average molecular weight is 484 g/mol. The lowest BCUT2D eigenvalue weighted by Gasteiger charge is -2.29. The zero-order valence-corrected chi connectivity index (χ0v) is 20.1. The van der Waals surface area contributed by atoms with Crippen LogP contribution in [0.5, 0.6) is 0 Å². The second-order valence-corrected chi connectivity index (χ2v) is 9.37. The summed E-state index contributed by atoms with van der Waals surface area (Å²) >= 11 is 6.71. The zero-order chi connectivity index (χ0) is 23.9. The molecule has 2 aromatic carbocycles. The Balaban J connectivity index is 1.48. The van der Waals surface area contributed by atoms with Crippen LogP contribution in [0, 0.1) is 0 Å². The van der Waals surface area contributed by atoms with E-state index >= 15 is 0 Å². The molecular weight excluding hydrogens is 458 g/mol. The Morgan fingerprint density at radius 1 is 1.03 bits per heavy atom. The molecule has 1 fully saturated rings. The van der Waals surface area contributed by atoms with Crippen molar-refractivity contribution in [2.75, 3.05) is 42.5 Å². The standard InChI is InChI=1S/C28H26ClN5O/c1-2-24(35)34-14-10-18-3-4-20(17-23(18)34)25-26-22(29)9-11-31-28(26)32-27(25)19-5-7-21(8-6-19)33-15-12-30-13-16-33/h2-9,11,17,30H,1,10,12-16H2,(H,31,32). The number of anilines is 2. The fraction of sp³-hybridized carbons (Fsp3) is 0.214. The molecule has 0 saturated carbocycles. The largest absolute Gasteiger partial charge is 0.369 e. The number of nitrogens with one attached hydrogen (secondary N) is 2. The first kappa shape index (κ1) is 21.9. The van der Waals surface area contributed by atoms with E-state index in [1.54, 1.807) is 11.1 Å². The van der Waals surface area contributed by atoms with Gasteiger partial charge < -0.3 is 20.1 Å². The molecule has 176 valence electrons. The highest BCUT2D eigenvalue weighted by atomic mass is 35.5. The summed E-state index contributed by atoms with van der Waals surface area (Å²) in [4.78, 5) is 24.7. The van der Waals surface area contributed by atoms with Gasteiger partial charge in [-0.1, -0.05) is 42.4 Å². The maximum atomic E-state index is 12.5. The number of carbonyl (C=O) groups is 1. The van der Waals surface area contributed by atoms with E-state index in [1.807, 2.05) is 6.07 Å². The molecule has 2 aliphatic rings. The third-order valence-electron chi connectivity index (χ3n) is 6.99. The van der Waals surface area contributed by atoms with Gasteiger partial charge in [-0.25, -0.2) is 4.98 Å². The van der Waals surface area contributed by atoms with E-state index in [0.717, 1.165) is 77.3 Å². The summed E-state index contributed by atoms with van der Waals surface area (Å²) in [6.07, 6.45) is 3.93. The highest BCUT2D eigenvalue weighted by Gasteiger charge is 2.25.